The molecule has 3 heterocycles. The lowest BCUT2D eigenvalue weighted by Crippen LogP contribution is -1.82. The summed E-state index contributed by atoms with van der Waals surface area (Å²) >= 11 is 3.11. The van der Waals surface area contributed by atoms with E-state index in [0.717, 1.165) is 15.3 Å². The highest BCUT2D eigenvalue weighted by Crippen LogP contribution is 2.26. The molecule has 0 bridgehead atoms. The lowest BCUT2D eigenvalue weighted by Gasteiger charge is -1.91. The van der Waals surface area contributed by atoms with Crippen molar-refractivity contribution in [3.8, 4) is 16.8 Å². The minimum atomic E-state index is 0.253. The Morgan fingerprint density at radius 2 is 2.25 bits per heavy atom. The van der Waals surface area contributed by atoms with Crippen LogP contribution in [0.1, 0.15) is 16.3 Å². The molecule has 0 N–H and O–H groups in total. The van der Waals surface area contributed by atoms with Crippen LogP contribution in [0.25, 0.3) is 22.4 Å². The van der Waals surface area contributed by atoms with E-state index >= 15 is 0 Å². The molecule has 0 aliphatic rings. The first-order valence-electron chi connectivity index (χ1n) is 5.82. The molecule has 3 rings (SSSR count). The molecule has 0 saturated heterocycles. The zero-order valence-electron chi connectivity index (χ0n) is 10.5. The van der Waals surface area contributed by atoms with Crippen molar-refractivity contribution < 1.29 is 4.52 Å². The molecule has 4 nitrogen and oxygen atoms in total. The van der Waals surface area contributed by atoms with Gasteiger partial charge in [0.15, 0.2) is 0 Å². The van der Waals surface area contributed by atoms with E-state index in [1.807, 2.05) is 35.9 Å². The molecule has 0 amide bonds. The number of nitriles is 1. The van der Waals surface area contributed by atoms with E-state index in [1.54, 1.807) is 17.4 Å². The van der Waals surface area contributed by atoms with Crippen LogP contribution in [-0.2, 0) is 0 Å². The molecule has 0 fully saturated rings. The first-order chi connectivity index (χ1) is 9.78. The molecule has 0 aliphatic carbocycles. The molecule has 0 aliphatic heterocycles. The Morgan fingerprint density at radius 3 is 2.90 bits per heavy atom. The lowest BCUT2D eigenvalue weighted by atomic mass is 10.2. The summed E-state index contributed by atoms with van der Waals surface area (Å²) in [5.41, 5.74) is 1.51. The van der Waals surface area contributed by atoms with Gasteiger partial charge in [-0.1, -0.05) is 11.2 Å². The standard InChI is InChI=1S/C14H9N3OS2/c1-9-4-6-20-12(9)7-10(8-15)14-16-13(17-18-14)11-3-2-5-19-11/h2-7H,1H3/b10-7+. The van der Waals surface area contributed by atoms with Crippen molar-refractivity contribution in [2.24, 2.45) is 0 Å². The Bertz CT molecular complexity index is 791. The summed E-state index contributed by atoms with van der Waals surface area (Å²) in [6.07, 6.45) is 1.78. The van der Waals surface area contributed by atoms with Gasteiger partial charge in [0.05, 0.1) is 4.88 Å². The van der Waals surface area contributed by atoms with Crippen LogP contribution in [0.2, 0.25) is 0 Å². The van der Waals surface area contributed by atoms with E-state index < -0.39 is 0 Å². The Hall–Kier alpha value is -2.23. The maximum atomic E-state index is 9.27. The first kappa shape index (κ1) is 12.8. The molecular formula is C14H9N3OS2. The van der Waals surface area contributed by atoms with Crippen molar-refractivity contribution in [3.05, 3.63) is 45.3 Å². The van der Waals surface area contributed by atoms with Gasteiger partial charge in [-0.05, 0) is 41.5 Å². The highest BCUT2D eigenvalue weighted by molar-refractivity contribution is 7.13. The summed E-state index contributed by atoms with van der Waals surface area (Å²) in [5, 5.41) is 17.1. The molecule has 0 atom stereocenters. The van der Waals surface area contributed by atoms with Crippen molar-refractivity contribution in [1.29, 1.82) is 5.26 Å². The average molecular weight is 299 g/mol. The molecule has 98 valence electrons. The summed E-state index contributed by atoms with van der Waals surface area (Å²) in [4.78, 5) is 6.23. The summed E-state index contributed by atoms with van der Waals surface area (Å²) < 4.78 is 5.19. The van der Waals surface area contributed by atoms with Crippen LogP contribution in [-0.4, -0.2) is 10.1 Å². The van der Waals surface area contributed by atoms with E-state index in [1.165, 1.54) is 11.3 Å². The van der Waals surface area contributed by atoms with Gasteiger partial charge in [-0.2, -0.15) is 10.2 Å². The predicted molar refractivity (Wildman–Crippen MR) is 80.2 cm³/mol. The second kappa shape index (κ2) is 5.41. The molecule has 6 heteroatoms. The zero-order valence-corrected chi connectivity index (χ0v) is 12.2. The van der Waals surface area contributed by atoms with Gasteiger partial charge >= 0.3 is 0 Å². The molecule has 3 aromatic rings. The molecule has 3 aromatic heterocycles. The largest absolute Gasteiger partial charge is 0.333 e. The Morgan fingerprint density at radius 1 is 1.35 bits per heavy atom. The van der Waals surface area contributed by atoms with Crippen molar-refractivity contribution in [1.82, 2.24) is 10.1 Å². The number of allylic oxidation sites excluding steroid dienone is 1. The SMILES string of the molecule is Cc1ccsc1/C=C(\C#N)c1nc(-c2cccs2)no1. The van der Waals surface area contributed by atoms with Gasteiger partial charge in [-0.15, -0.1) is 22.7 Å². The van der Waals surface area contributed by atoms with Crippen LogP contribution in [0.15, 0.2) is 33.5 Å². The molecule has 20 heavy (non-hydrogen) atoms. The second-order valence-electron chi connectivity index (χ2n) is 4.04. The minimum absolute atomic E-state index is 0.253. The summed E-state index contributed by atoms with van der Waals surface area (Å²) in [6, 6.07) is 7.97. The van der Waals surface area contributed by atoms with Gasteiger partial charge in [0, 0.05) is 4.88 Å². The highest BCUT2D eigenvalue weighted by atomic mass is 32.1. The Balaban J connectivity index is 1.97. The maximum absolute atomic E-state index is 9.27. The fraction of sp³-hybridized carbons (Fsp3) is 0.0714. The van der Waals surface area contributed by atoms with Gasteiger partial charge in [-0.3, -0.25) is 0 Å². The van der Waals surface area contributed by atoms with Gasteiger partial charge in [-0.25, -0.2) is 0 Å². The third kappa shape index (κ3) is 2.41. The molecule has 0 aromatic carbocycles. The number of hydrogen-bond acceptors (Lipinski definition) is 6. The summed E-state index contributed by atoms with van der Waals surface area (Å²) in [7, 11) is 0. The fourth-order valence-electron chi connectivity index (χ4n) is 1.64. The highest BCUT2D eigenvalue weighted by Gasteiger charge is 2.14. The number of nitrogens with zero attached hydrogens (tertiary/aromatic N) is 3. The smallest absolute Gasteiger partial charge is 0.268 e. The van der Waals surface area contributed by atoms with Crippen molar-refractivity contribution >= 4 is 34.3 Å². The normalized spacial score (nSPS) is 11.5. The van der Waals surface area contributed by atoms with Crippen LogP contribution in [0.3, 0.4) is 0 Å². The number of thiophene rings is 2. The van der Waals surface area contributed by atoms with Crippen molar-refractivity contribution in [2.45, 2.75) is 6.92 Å². The average Bonchev–Trinajstić information content (AvgIpc) is 3.17. The van der Waals surface area contributed by atoms with Crippen molar-refractivity contribution in [3.63, 3.8) is 0 Å². The summed E-state index contributed by atoms with van der Waals surface area (Å²) in [6.45, 7) is 2.00. The molecule has 0 saturated carbocycles. The first-order valence-corrected chi connectivity index (χ1v) is 7.57. The van der Waals surface area contributed by atoms with Gasteiger partial charge in [0.25, 0.3) is 5.89 Å². The minimum Gasteiger partial charge on any atom is -0.333 e. The monoisotopic (exact) mass is 299 g/mol. The fourth-order valence-corrected chi connectivity index (χ4v) is 3.15. The number of hydrogen-bond donors (Lipinski definition) is 0. The van der Waals surface area contributed by atoms with Crippen LogP contribution in [0.5, 0.6) is 0 Å². The maximum Gasteiger partial charge on any atom is 0.268 e. The Kier molecular flexibility index (Phi) is 3.46. The number of aryl methyl sites for hydroxylation is 1. The summed E-state index contributed by atoms with van der Waals surface area (Å²) in [5.74, 6) is 0.766. The van der Waals surface area contributed by atoms with Crippen molar-refractivity contribution in [2.75, 3.05) is 0 Å². The van der Waals surface area contributed by atoms with Gasteiger partial charge in [0.2, 0.25) is 5.82 Å². The quantitative estimate of drug-likeness (QED) is 0.679. The van der Waals surface area contributed by atoms with Crippen LogP contribution >= 0.6 is 22.7 Å². The van der Waals surface area contributed by atoms with E-state index in [2.05, 4.69) is 16.2 Å². The van der Waals surface area contributed by atoms with Gasteiger partial charge < -0.3 is 4.52 Å². The molecule has 0 unspecified atom stereocenters. The number of rotatable bonds is 3. The third-order valence-electron chi connectivity index (χ3n) is 2.70. The second-order valence-corrected chi connectivity index (χ2v) is 5.93. The lowest BCUT2D eigenvalue weighted by molar-refractivity contribution is 0.409. The van der Waals surface area contributed by atoms with E-state index in [-0.39, 0.29) is 5.89 Å². The van der Waals surface area contributed by atoms with E-state index in [0.29, 0.717) is 11.4 Å². The third-order valence-corrected chi connectivity index (χ3v) is 4.53. The zero-order chi connectivity index (χ0) is 13.9. The van der Waals surface area contributed by atoms with Crippen LogP contribution < -0.4 is 0 Å². The molecule has 0 radical (unpaired) electrons. The Labute approximate surface area is 123 Å². The molecular weight excluding hydrogens is 290 g/mol. The predicted octanol–water partition coefficient (Wildman–Crippen LogP) is 4.23. The number of aromatic nitrogens is 2. The van der Waals surface area contributed by atoms with E-state index in [4.69, 9.17) is 4.52 Å². The molecule has 0 spiro atoms. The van der Waals surface area contributed by atoms with E-state index in [9.17, 15) is 5.26 Å². The van der Waals surface area contributed by atoms with Crippen LogP contribution in [0.4, 0.5) is 0 Å². The van der Waals surface area contributed by atoms with Crippen LogP contribution in [0, 0.1) is 18.3 Å². The van der Waals surface area contributed by atoms with Gasteiger partial charge in [0.1, 0.15) is 11.6 Å². The topological polar surface area (TPSA) is 62.7 Å².